The Bertz CT molecular complexity index is 781. The molecular formula is C17H15F3O4. The fraction of sp³-hybridized carbons (Fsp3) is 0.235. The minimum absolute atomic E-state index is 0.0677. The van der Waals surface area contributed by atoms with Gasteiger partial charge in [0.2, 0.25) is 0 Å². The van der Waals surface area contributed by atoms with Gasteiger partial charge in [-0.2, -0.15) is 13.2 Å². The molecule has 2 aromatic rings. The van der Waals surface area contributed by atoms with Gasteiger partial charge in [-0.05, 0) is 12.1 Å². The SMILES string of the molecule is C=CCOc1cc(C(=O)C(F)(F)F)c(OC)c2c(OC)cccc12. The highest BCUT2D eigenvalue weighted by atomic mass is 19.4. The molecule has 0 heterocycles. The molecule has 0 radical (unpaired) electrons. The Balaban J connectivity index is 2.87. The van der Waals surface area contributed by atoms with Gasteiger partial charge in [0.15, 0.2) is 0 Å². The molecule has 0 aromatic heterocycles. The monoisotopic (exact) mass is 340 g/mol. The number of ether oxygens (including phenoxy) is 3. The van der Waals surface area contributed by atoms with E-state index in [1.807, 2.05) is 0 Å². The fourth-order valence-corrected chi connectivity index (χ4v) is 2.35. The molecule has 0 unspecified atom stereocenters. The maximum atomic E-state index is 12.9. The Hall–Kier alpha value is -2.70. The van der Waals surface area contributed by atoms with Crippen molar-refractivity contribution in [2.45, 2.75) is 6.18 Å². The Morgan fingerprint density at radius 2 is 1.92 bits per heavy atom. The number of carbonyl (C=O) groups is 1. The predicted octanol–water partition coefficient (Wildman–Crippen LogP) is 4.17. The quantitative estimate of drug-likeness (QED) is 0.585. The van der Waals surface area contributed by atoms with E-state index < -0.39 is 17.5 Å². The number of hydrogen-bond donors (Lipinski definition) is 0. The highest BCUT2D eigenvalue weighted by molar-refractivity contribution is 6.10. The molecule has 4 nitrogen and oxygen atoms in total. The van der Waals surface area contributed by atoms with Crippen LogP contribution in [0.4, 0.5) is 13.2 Å². The first-order chi connectivity index (χ1) is 11.3. The van der Waals surface area contributed by atoms with E-state index in [-0.39, 0.29) is 29.2 Å². The predicted molar refractivity (Wildman–Crippen MR) is 83.1 cm³/mol. The Kier molecular flexibility index (Phi) is 5.02. The lowest BCUT2D eigenvalue weighted by Crippen LogP contribution is -2.23. The van der Waals surface area contributed by atoms with Crippen molar-refractivity contribution in [3.05, 3.63) is 42.5 Å². The van der Waals surface area contributed by atoms with Crippen molar-refractivity contribution in [1.82, 2.24) is 0 Å². The molecule has 0 spiro atoms. The van der Waals surface area contributed by atoms with Gasteiger partial charge in [-0.1, -0.05) is 24.8 Å². The summed E-state index contributed by atoms with van der Waals surface area (Å²) in [7, 11) is 2.56. The van der Waals surface area contributed by atoms with Gasteiger partial charge >= 0.3 is 6.18 Å². The molecule has 2 aromatic carbocycles. The molecule has 7 heteroatoms. The van der Waals surface area contributed by atoms with Crippen LogP contribution in [0.2, 0.25) is 0 Å². The molecule has 2 rings (SSSR count). The van der Waals surface area contributed by atoms with E-state index in [1.165, 1.54) is 20.3 Å². The van der Waals surface area contributed by atoms with Crippen molar-refractivity contribution in [3.63, 3.8) is 0 Å². The van der Waals surface area contributed by atoms with Crippen LogP contribution in [0.15, 0.2) is 36.9 Å². The van der Waals surface area contributed by atoms with Crippen LogP contribution in [0, 0.1) is 0 Å². The summed E-state index contributed by atoms with van der Waals surface area (Å²) in [6.45, 7) is 3.57. The number of Topliss-reactive ketones (excluding diaryl/α,β-unsaturated/α-hetero) is 1. The molecule has 0 bridgehead atoms. The molecule has 24 heavy (non-hydrogen) atoms. The summed E-state index contributed by atoms with van der Waals surface area (Å²) in [6.07, 6.45) is -3.60. The van der Waals surface area contributed by atoms with Gasteiger partial charge < -0.3 is 14.2 Å². The number of hydrogen-bond acceptors (Lipinski definition) is 4. The summed E-state index contributed by atoms with van der Waals surface area (Å²) < 4.78 is 54.5. The van der Waals surface area contributed by atoms with Crippen molar-refractivity contribution in [3.8, 4) is 17.2 Å². The second kappa shape index (κ2) is 6.82. The molecule has 0 aliphatic carbocycles. The normalized spacial score (nSPS) is 11.2. The average molecular weight is 340 g/mol. The van der Waals surface area contributed by atoms with Crippen LogP contribution in [-0.2, 0) is 0 Å². The molecule has 0 saturated heterocycles. The fourth-order valence-electron chi connectivity index (χ4n) is 2.35. The van der Waals surface area contributed by atoms with E-state index in [1.54, 1.807) is 18.2 Å². The Labute approximate surface area is 136 Å². The number of halogens is 3. The molecular weight excluding hydrogens is 325 g/mol. The maximum Gasteiger partial charge on any atom is 0.455 e. The van der Waals surface area contributed by atoms with Gasteiger partial charge in [0, 0.05) is 5.39 Å². The smallest absolute Gasteiger partial charge is 0.455 e. The number of methoxy groups -OCH3 is 2. The van der Waals surface area contributed by atoms with Gasteiger partial charge in [0.25, 0.3) is 5.78 Å². The third-order valence-corrected chi connectivity index (χ3v) is 3.32. The summed E-state index contributed by atoms with van der Waals surface area (Å²) in [5, 5.41) is 0.698. The number of benzene rings is 2. The van der Waals surface area contributed by atoms with E-state index >= 15 is 0 Å². The van der Waals surface area contributed by atoms with E-state index in [9.17, 15) is 18.0 Å². The first-order valence-corrected chi connectivity index (χ1v) is 6.88. The summed E-state index contributed by atoms with van der Waals surface area (Å²) in [5.74, 6) is -1.85. The number of ketones is 1. The van der Waals surface area contributed by atoms with Crippen molar-refractivity contribution in [1.29, 1.82) is 0 Å². The largest absolute Gasteiger partial charge is 0.496 e. The van der Waals surface area contributed by atoms with E-state index in [0.29, 0.717) is 5.39 Å². The van der Waals surface area contributed by atoms with E-state index in [4.69, 9.17) is 14.2 Å². The summed E-state index contributed by atoms with van der Waals surface area (Å²) in [6, 6.07) is 5.89. The first-order valence-electron chi connectivity index (χ1n) is 6.88. The van der Waals surface area contributed by atoms with Crippen LogP contribution in [0.1, 0.15) is 10.4 Å². The zero-order valence-corrected chi connectivity index (χ0v) is 13.1. The Morgan fingerprint density at radius 1 is 1.21 bits per heavy atom. The van der Waals surface area contributed by atoms with Crippen LogP contribution in [0.25, 0.3) is 10.8 Å². The highest BCUT2D eigenvalue weighted by Crippen LogP contribution is 2.43. The minimum atomic E-state index is -5.04. The first kappa shape index (κ1) is 17.7. The number of rotatable bonds is 6. The van der Waals surface area contributed by atoms with Crippen LogP contribution >= 0.6 is 0 Å². The van der Waals surface area contributed by atoms with Crippen molar-refractivity contribution in [2.24, 2.45) is 0 Å². The standard InChI is InChI=1S/C17H15F3O4/c1-4-8-24-13-9-11(16(21)17(18,19)20)15(23-3)14-10(13)6-5-7-12(14)22-2/h4-7,9H,1,8H2,2-3H3. The molecule has 0 atom stereocenters. The van der Waals surface area contributed by atoms with Gasteiger partial charge in [-0.25, -0.2) is 0 Å². The zero-order valence-electron chi connectivity index (χ0n) is 13.1. The second-order valence-electron chi connectivity index (χ2n) is 4.76. The van der Waals surface area contributed by atoms with E-state index in [2.05, 4.69) is 6.58 Å². The van der Waals surface area contributed by atoms with Gasteiger partial charge in [0.1, 0.15) is 23.9 Å². The maximum absolute atomic E-state index is 12.9. The van der Waals surface area contributed by atoms with Crippen LogP contribution in [0.3, 0.4) is 0 Å². The second-order valence-corrected chi connectivity index (χ2v) is 4.76. The van der Waals surface area contributed by atoms with E-state index in [0.717, 1.165) is 6.07 Å². The van der Waals surface area contributed by atoms with Crippen molar-refractivity contribution < 1.29 is 32.2 Å². The molecule has 0 amide bonds. The lowest BCUT2D eigenvalue weighted by molar-refractivity contribution is -0.0886. The minimum Gasteiger partial charge on any atom is -0.496 e. The van der Waals surface area contributed by atoms with Crippen LogP contribution in [-0.4, -0.2) is 32.8 Å². The summed E-state index contributed by atoms with van der Waals surface area (Å²) in [5.41, 5.74) is -0.638. The molecule has 0 N–H and O–H groups in total. The molecule has 0 fully saturated rings. The number of fused-ring (bicyclic) bond motifs is 1. The lowest BCUT2D eigenvalue weighted by atomic mass is 10.00. The van der Waals surface area contributed by atoms with Crippen LogP contribution < -0.4 is 14.2 Å². The Morgan fingerprint density at radius 3 is 2.46 bits per heavy atom. The molecule has 0 aliphatic heterocycles. The van der Waals surface area contributed by atoms with Gasteiger partial charge in [-0.15, -0.1) is 0 Å². The average Bonchev–Trinajstić information content (AvgIpc) is 2.56. The number of alkyl halides is 3. The topological polar surface area (TPSA) is 44.8 Å². The number of carbonyl (C=O) groups excluding carboxylic acids is 1. The lowest BCUT2D eigenvalue weighted by Gasteiger charge is -2.17. The zero-order chi connectivity index (χ0) is 17.9. The summed E-state index contributed by atoms with van der Waals surface area (Å²) >= 11 is 0. The molecule has 128 valence electrons. The van der Waals surface area contributed by atoms with Crippen LogP contribution in [0.5, 0.6) is 17.2 Å². The van der Waals surface area contributed by atoms with Gasteiger partial charge in [-0.3, -0.25) is 4.79 Å². The summed E-state index contributed by atoms with van der Waals surface area (Å²) in [4.78, 5) is 11.8. The molecule has 0 aliphatic rings. The van der Waals surface area contributed by atoms with Crippen molar-refractivity contribution in [2.75, 3.05) is 20.8 Å². The molecule has 0 saturated carbocycles. The third kappa shape index (κ3) is 3.15. The third-order valence-electron chi connectivity index (χ3n) is 3.32. The van der Waals surface area contributed by atoms with Crippen molar-refractivity contribution >= 4 is 16.6 Å². The highest BCUT2D eigenvalue weighted by Gasteiger charge is 2.42. The van der Waals surface area contributed by atoms with Gasteiger partial charge in [0.05, 0.1) is 25.2 Å².